The Morgan fingerprint density at radius 3 is 2.57 bits per heavy atom. The van der Waals surface area contributed by atoms with Crippen LogP contribution in [0.5, 0.6) is 5.88 Å². The summed E-state index contributed by atoms with van der Waals surface area (Å²) < 4.78 is 13.8. The van der Waals surface area contributed by atoms with Gasteiger partial charge in [0.1, 0.15) is 17.4 Å². The lowest BCUT2D eigenvalue weighted by molar-refractivity contribution is 0.421. The molecule has 0 saturated heterocycles. The number of aromatic hydroxyl groups is 1. The third kappa shape index (κ3) is 2.67. The van der Waals surface area contributed by atoms with Crippen LogP contribution < -0.4 is 5.56 Å². The lowest BCUT2D eigenvalue weighted by Crippen LogP contribution is -2.22. The molecule has 0 radical (unpaired) electrons. The van der Waals surface area contributed by atoms with E-state index in [1.54, 1.807) is 6.92 Å². The van der Waals surface area contributed by atoms with E-state index in [0.29, 0.717) is 11.3 Å². The summed E-state index contributed by atoms with van der Waals surface area (Å²) in [6.07, 6.45) is 1.35. The highest BCUT2D eigenvalue weighted by Gasteiger charge is 2.15. The van der Waals surface area contributed by atoms with E-state index in [4.69, 9.17) is 5.26 Å². The van der Waals surface area contributed by atoms with Crippen LogP contribution in [-0.2, 0) is 7.05 Å². The predicted molar refractivity (Wildman–Crippen MR) is 76.5 cm³/mol. The summed E-state index contributed by atoms with van der Waals surface area (Å²) in [7, 11) is 1.37. The van der Waals surface area contributed by atoms with Crippen LogP contribution >= 0.6 is 0 Å². The first-order valence-electron chi connectivity index (χ1n) is 6.08. The number of hydrogen-bond acceptors (Lipinski definition) is 4. The van der Waals surface area contributed by atoms with Crippen molar-refractivity contribution in [2.75, 3.05) is 0 Å². The highest BCUT2D eigenvalue weighted by molar-refractivity contribution is 5.87. The van der Waals surface area contributed by atoms with Crippen LogP contribution in [0.4, 0.5) is 10.1 Å². The van der Waals surface area contributed by atoms with Gasteiger partial charge in [-0.1, -0.05) is 0 Å². The summed E-state index contributed by atoms with van der Waals surface area (Å²) in [4.78, 5) is 15.9. The smallest absolute Gasteiger partial charge is 0.271 e. The number of halogens is 1. The number of rotatable bonds is 2. The fraction of sp³-hybridized carbons (Fsp3) is 0.133. The molecule has 6 heteroatoms. The molecule has 0 spiro atoms. The molecule has 2 aromatic rings. The second-order valence-corrected chi connectivity index (χ2v) is 4.45. The number of benzene rings is 1. The molecule has 0 aliphatic heterocycles. The number of aliphatic imine (C=N–C) groups is 1. The zero-order chi connectivity index (χ0) is 15.6. The van der Waals surface area contributed by atoms with Crippen molar-refractivity contribution in [3.8, 4) is 11.9 Å². The quantitative estimate of drug-likeness (QED) is 0.859. The van der Waals surface area contributed by atoms with Gasteiger partial charge in [0, 0.05) is 13.3 Å². The highest BCUT2D eigenvalue weighted by atomic mass is 19.1. The molecular weight excluding hydrogens is 273 g/mol. The summed E-state index contributed by atoms with van der Waals surface area (Å²) >= 11 is 0. The Balaban J connectivity index is 2.55. The number of aromatic nitrogens is 1. The lowest BCUT2D eigenvalue weighted by atomic mass is 10.1. The topological polar surface area (TPSA) is 78.4 Å². The van der Waals surface area contributed by atoms with Crippen molar-refractivity contribution < 1.29 is 9.50 Å². The van der Waals surface area contributed by atoms with E-state index in [1.807, 2.05) is 6.07 Å². The van der Waals surface area contributed by atoms with Gasteiger partial charge in [-0.25, -0.2) is 4.39 Å². The van der Waals surface area contributed by atoms with Gasteiger partial charge in [0.05, 0.1) is 11.3 Å². The van der Waals surface area contributed by atoms with Gasteiger partial charge in [-0.2, -0.15) is 5.26 Å². The number of nitriles is 1. The van der Waals surface area contributed by atoms with E-state index in [1.165, 1.54) is 37.5 Å². The van der Waals surface area contributed by atoms with Gasteiger partial charge in [-0.15, -0.1) is 0 Å². The molecule has 1 aromatic carbocycles. The number of nitrogens with zero attached hydrogens (tertiary/aromatic N) is 3. The van der Waals surface area contributed by atoms with E-state index in [9.17, 15) is 14.3 Å². The summed E-state index contributed by atoms with van der Waals surface area (Å²) in [5.74, 6) is -0.649. The Labute approximate surface area is 120 Å². The lowest BCUT2D eigenvalue weighted by Gasteiger charge is -2.09. The van der Waals surface area contributed by atoms with Crippen LogP contribution in [0.1, 0.15) is 16.7 Å². The minimum absolute atomic E-state index is 0.0455. The first-order valence-corrected chi connectivity index (χ1v) is 6.08. The predicted octanol–water partition coefficient (Wildman–Crippen LogP) is 2.16. The third-order valence-corrected chi connectivity index (χ3v) is 3.14. The zero-order valence-corrected chi connectivity index (χ0v) is 11.5. The van der Waals surface area contributed by atoms with E-state index in [0.717, 1.165) is 4.57 Å². The molecule has 0 atom stereocenters. The van der Waals surface area contributed by atoms with Gasteiger partial charge in [0.25, 0.3) is 5.56 Å². The average Bonchev–Trinajstić information content (AvgIpc) is 2.47. The van der Waals surface area contributed by atoms with Crippen LogP contribution in [-0.4, -0.2) is 15.9 Å². The first kappa shape index (κ1) is 14.5. The van der Waals surface area contributed by atoms with Crippen molar-refractivity contribution in [2.24, 2.45) is 12.0 Å². The molecule has 1 heterocycles. The van der Waals surface area contributed by atoms with Crippen LogP contribution in [0.25, 0.3) is 0 Å². The van der Waals surface area contributed by atoms with Crippen molar-refractivity contribution in [3.63, 3.8) is 0 Å². The monoisotopic (exact) mass is 285 g/mol. The van der Waals surface area contributed by atoms with Crippen molar-refractivity contribution in [2.45, 2.75) is 6.92 Å². The summed E-state index contributed by atoms with van der Waals surface area (Å²) in [6.45, 7) is 1.56. The molecule has 0 fully saturated rings. The Bertz CT molecular complexity index is 815. The van der Waals surface area contributed by atoms with Crippen molar-refractivity contribution >= 4 is 11.9 Å². The molecule has 1 aromatic heterocycles. The molecule has 0 amide bonds. The Hall–Kier alpha value is -2.94. The normalized spacial score (nSPS) is 10.8. The van der Waals surface area contributed by atoms with Crippen LogP contribution in [0.15, 0.2) is 34.1 Å². The number of hydrogen-bond donors (Lipinski definition) is 1. The maximum atomic E-state index is 12.8. The van der Waals surface area contributed by atoms with Gasteiger partial charge < -0.3 is 5.11 Å². The average molecular weight is 285 g/mol. The maximum Gasteiger partial charge on any atom is 0.271 e. The first-order chi connectivity index (χ1) is 9.95. The Morgan fingerprint density at radius 1 is 1.38 bits per heavy atom. The summed E-state index contributed by atoms with van der Waals surface area (Å²) in [5, 5.41) is 19.0. The van der Waals surface area contributed by atoms with E-state index >= 15 is 0 Å². The minimum atomic E-state index is -0.563. The fourth-order valence-corrected chi connectivity index (χ4v) is 1.86. The van der Waals surface area contributed by atoms with Gasteiger partial charge in [0.2, 0.25) is 5.88 Å². The molecule has 21 heavy (non-hydrogen) atoms. The minimum Gasteiger partial charge on any atom is -0.494 e. The Kier molecular flexibility index (Phi) is 3.85. The second kappa shape index (κ2) is 5.59. The zero-order valence-electron chi connectivity index (χ0n) is 11.5. The summed E-state index contributed by atoms with van der Waals surface area (Å²) in [5.41, 5.74) is 0.506. The number of pyridine rings is 1. The standard InChI is InChI=1S/C15H12FN3O2/c1-9-12(7-17)14(20)19(2)15(21)13(9)8-18-11-5-3-10(16)4-6-11/h3-6,8,21H,1-2H3. The molecule has 0 aliphatic rings. The van der Waals surface area contributed by atoms with Crippen LogP contribution in [0.3, 0.4) is 0 Å². The largest absolute Gasteiger partial charge is 0.494 e. The molecule has 0 aliphatic carbocycles. The highest BCUT2D eigenvalue weighted by Crippen LogP contribution is 2.20. The third-order valence-electron chi connectivity index (χ3n) is 3.14. The van der Waals surface area contributed by atoms with E-state index in [2.05, 4.69) is 4.99 Å². The van der Waals surface area contributed by atoms with Crippen LogP contribution in [0.2, 0.25) is 0 Å². The molecule has 106 valence electrons. The molecular formula is C15H12FN3O2. The molecule has 0 saturated carbocycles. The molecule has 5 nitrogen and oxygen atoms in total. The van der Waals surface area contributed by atoms with Crippen LogP contribution in [0, 0.1) is 24.1 Å². The van der Waals surface area contributed by atoms with E-state index < -0.39 is 5.56 Å². The Morgan fingerprint density at radius 2 is 2.00 bits per heavy atom. The molecule has 2 rings (SSSR count). The van der Waals surface area contributed by atoms with Gasteiger partial charge in [0.15, 0.2) is 0 Å². The van der Waals surface area contributed by atoms with Crippen molar-refractivity contribution in [1.29, 1.82) is 5.26 Å². The van der Waals surface area contributed by atoms with Gasteiger partial charge in [-0.3, -0.25) is 14.4 Å². The summed E-state index contributed by atoms with van der Waals surface area (Å²) in [6, 6.07) is 7.31. The van der Waals surface area contributed by atoms with Crippen molar-refractivity contribution in [3.05, 3.63) is 57.1 Å². The molecule has 0 unspecified atom stereocenters. The maximum absolute atomic E-state index is 12.8. The molecule has 1 N–H and O–H groups in total. The van der Waals surface area contributed by atoms with Gasteiger partial charge in [-0.05, 0) is 36.8 Å². The SMILES string of the molecule is Cc1c(C=Nc2ccc(F)cc2)c(O)n(C)c(=O)c1C#N. The van der Waals surface area contributed by atoms with Crippen molar-refractivity contribution in [1.82, 2.24) is 4.57 Å². The fourth-order valence-electron chi connectivity index (χ4n) is 1.86. The second-order valence-electron chi connectivity index (χ2n) is 4.45. The molecule has 0 bridgehead atoms. The van der Waals surface area contributed by atoms with E-state index in [-0.39, 0.29) is 22.8 Å². The van der Waals surface area contributed by atoms with Gasteiger partial charge >= 0.3 is 0 Å².